The molecule has 3 nitrogen and oxygen atoms in total. The number of aryl methyl sites for hydroxylation is 1. The largest absolute Gasteiger partial charge is 0.507 e. The van der Waals surface area contributed by atoms with E-state index >= 15 is 0 Å². The highest BCUT2D eigenvalue weighted by atomic mass is 16.4. The molecular weight excluding hydrogens is 154 g/mol. The van der Waals surface area contributed by atoms with Crippen LogP contribution in [0.2, 0.25) is 0 Å². The number of rotatable bonds is 1. The fourth-order valence-electron chi connectivity index (χ4n) is 0.988. The van der Waals surface area contributed by atoms with E-state index in [0.717, 1.165) is 11.1 Å². The van der Waals surface area contributed by atoms with Crippen LogP contribution in [0, 0.1) is 13.8 Å². The van der Waals surface area contributed by atoms with E-state index in [4.69, 9.17) is 5.21 Å². The number of hydrogen-bond acceptors (Lipinski definition) is 3. The summed E-state index contributed by atoms with van der Waals surface area (Å²) in [7, 11) is 0. The SMILES string of the molecule is Cc1ccc(/C=N/O)c(O)c1C. The van der Waals surface area contributed by atoms with Gasteiger partial charge in [-0.05, 0) is 31.0 Å². The number of hydrogen-bond donors (Lipinski definition) is 2. The zero-order chi connectivity index (χ0) is 9.14. The van der Waals surface area contributed by atoms with Gasteiger partial charge in [-0.2, -0.15) is 0 Å². The maximum Gasteiger partial charge on any atom is 0.127 e. The maximum atomic E-state index is 9.51. The highest BCUT2D eigenvalue weighted by Gasteiger charge is 2.03. The van der Waals surface area contributed by atoms with Crippen LogP contribution in [0.4, 0.5) is 0 Å². The lowest BCUT2D eigenvalue weighted by Crippen LogP contribution is -1.88. The van der Waals surface area contributed by atoms with Crippen molar-refractivity contribution in [3.63, 3.8) is 0 Å². The second-order valence-corrected chi connectivity index (χ2v) is 2.69. The molecule has 2 N–H and O–H groups in total. The first-order valence-electron chi connectivity index (χ1n) is 3.63. The highest BCUT2D eigenvalue weighted by molar-refractivity contribution is 5.83. The Balaban J connectivity index is 3.26. The van der Waals surface area contributed by atoms with E-state index in [1.54, 1.807) is 6.07 Å². The number of phenols is 1. The standard InChI is InChI=1S/C9H11NO2/c1-6-3-4-8(5-10-12)9(11)7(6)2/h3-5,11-12H,1-2H3/b10-5+. The van der Waals surface area contributed by atoms with E-state index in [9.17, 15) is 5.11 Å². The Hall–Kier alpha value is -1.51. The number of phenolic OH excluding ortho intramolecular Hbond substituents is 1. The van der Waals surface area contributed by atoms with Crippen molar-refractivity contribution >= 4 is 6.21 Å². The van der Waals surface area contributed by atoms with Gasteiger partial charge in [-0.15, -0.1) is 0 Å². The van der Waals surface area contributed by atoms with Gasteiger partial charge >= 0.3 is 0 Å². The highest BCUT2D eigenvalue weighted by Crippen LogP contribution is 2.23. The summed E-state index contributed by atoms with van der Waals surface area (Å²) in [5, 5.41) is 20.6. The molecule has 0 saturated carbocycles. The molecule has 0 radical (unpaired) electrons. The topological polar surface area (TPSA) is 52.8 Å². The van der Waals surface area contributed by atoms with Crippen LogP contribution in [0.1, 0.15) is 16.7 Å². The summed E-state index contributed by atoms with van der Waals surface area (Å²) >= 11 is 0. The van der Waals surface area contributed by atoms with Gasteiger partial charge in [0.05, 0.1) is 6.21 Å². The third-order valence-electron chi connectivity index (χ3n) is 1.93. The monoisotopic (exact) mass is 165 g/mol. The van der Waals surface area contributed by atoms with Gasteiger partial charge in [0.1, 0.15) is 5.75 Å². The summed E-state index contributed by atoms with van der Waals surface area (Å²) < 4.78 is 0. The molecule has 1 rings (SSSR count). The summed E-state index contributed by atoms with van der Waals surface area (Å²) in [5.74, 6) is 0.174. The summed E-state index contributed by atoms with van der Waals surface area (Å²) in [6.45, 7) is 3.73. The van der Waals surface area contributed by atoms with Crippen LogP contribution < -0.4 is 0 Å². The van der Waals surface area contributed by atoms with Crippen molar-refractivity contribution in [3.8, 4) is 5.75 Å². The van der Waals surface area contributed by atoms with Crippen LogP contribution in [-0.4, -0.2) is 16.5 Å². The normalized spacial score (nSPS) is 10.8. The molecule has 0 atom stereocenters. The van der Waals surface area contributed by atoms with Gasteiger partial charge in [0.2, 0.25) is 0 Å². The summed E-state index contributed by atoms with van der Waals surface area (Å²) in [6, 6.07) is 3.57. The van der Waals surface area contributed by atoms with Crippen molar-refractivity contribution in [2.75, 3.05) is 0 Å². The van der Waals surface area contributed by atoms with Crippen LogP contribution in [0.3, 0.4) is 0 Å². The third-order valence-corrected chi connectivity index (χ3v) is 1.93. The van der Waals surface area contributed by atoms with Crippen LogP contribution in [0.15, 0.2) is 17.3 Å². The van der Waals surface area contributed by atoms with Gasteiger partial charge in [-0.1, -0.05) is 11.2 Å². The lowest BCUT2D eigenvalue weighted by molar-refractivity contribution is 0.321. The first-order chi connectivity index (χ1) is 5.66. The Morgan fingerprint density at radius 2 is 2.00 bits per heavy atom. The molecule has 0 heterocycles. The quantitative estimate of drug-likeness (QED) is 0.379. The molecule has 0 aliphatic rings. The van der Waals surface area contributed by atoms with Crippen LogP contribution in [-0.2, 0) is 0 Å². The van der Waals surface area contributed by atoms with Crippen molar-refractivity contribution in [1.82, 2.24) is 0 Å². The minimum absolute atomic E-state index is 0.174. The molecule has 0 aliphatic heterocycles. The molecule has 0 saturated heterocycles. The number of oxime groups is 1. The van der Waals surface area contributed by atoms with E-state index in [-0.39, 0.29) is 5.75 Å². The van der Waals surface area contributed by atoms with Crippen LogP contribution >= 0.6 is 0 Å². The van der Waals surface area contributed by atoms with E-state index in [1.807, 2.05) is 19.9 Å². The first kappa shape index (κ1) is 8.59. The molecule has 0 unspecified atom stereocenters. The molecule has 0 bridgehead atoms. The lowest BCUT2D eigenvalue weighted by atomic mass is 10.1. The molecule has 0 aliphatic carbocycles. The second kappa shape index (κ2) is 3.26. The molecule has 0 fully saturated rings. The minimum atomic E-state index is 0.174. The third kappa shape index (κ3) is 1.39. The lowest BCUT2D eigenvalue weighted by Gasteiger charge is -2.04. The van der Waals surface area contributed by atoms with Gasteiger partial charge in [-0.25, -0.2) is 0 Å². The van der Waals surface area contributed by atoms with Gasteiger partial charge in [0.15, 0.2) is 0 Å². The number of nitrogens with zero attached hydrogens (tertiary/aromatic N) is 1. The Labute approximate surface area is 71.0 Å². The van der Waals surface area contributed by atoms with Crippen molar-refractivity contribution in [1.29, 1.82) is 0 Å². The van der Waals surface area contributed by atoms with Gasteiger partial charge in [0.25, 0.3) is 0 Å². The van der Waals surface area contributed by atoms with Crippen molar-refractivity contribution < 1.29 is 10.3 Å². The summed E-state index contributed by atoms with van der Waals surface area (Å²) in [5.41, 5.74) is 2.36. The van der Waals surface area contributed by atoms with E-state index < -0.39 is 0 Å². The van der Waals surface area contributed by atoms with Crippen molar-refractivity contribution in [3.05, 3.63) is 28.8 Å². The number of aromatic hydroxyl groups is 1. The zero-order valence-electron chi connectivity index (χ0n) is 7.07. The molecule has 3 heteroatoms. The van der Waals surface area contributed by atoms with Crippen LogP contribution in [0.5, 0.6) is 5.75 Å². The van der Waals surface area contributed by atoms with Crippen molar-refractivity contribution in [2.45, 2.75) is 13.8 Å². The Morgan fingerprint density at radius 1 is 1.33 bits per heavy atom. The minimum Gasteiger partial charge on any atom is -0.507 e. The molecule has 64 valence electrons. The summed E-state index contributed by atoms with van der Waals surface area (Å²) in [6.07, 6.45) is 1.21. The average Bonchev–Trinajstić information content (AvgIpc) is 2.07. The van der Waals surface area contributed by atoms with Crippen LogP contribution in [0.25, 0.3) is 0 Å². The molecule has 1 aromatic rings. The predicted molar refractivity (Wildman–Crippen MR) is 47.0 cm³/mol. The molecular formula is C9H11NO2. The molecule has 12 heavy (non-hydrogen) atoms. The Morgan fingerprint density at radius 3 is 2.58 bits per heavy atom. The Kier molecular flexibility index (Phi) is 2.33. The molecule has 0 spiro atoms. The molecule has 1 aromatic carbocycles. The zero-order valence-corrected chi connectivity index (χ0v) is 7.07. The van der Waals surface area contributed by atoms with Gasteiger partial charge in [0, 0.05) is 5.56 Å². The fraction of sp³-hybridized carbons (Fsp3) is 0.222. The maximum absolute atomic E-state index is 9.51. The predicted octanol–water partition coefficient (Wildman–Crippen LogP) is 1.82. The summed E-state index contributed by atoms with van der Waals surface area (Å²) in [4.78, 5) is 0. The second-order valence-electron chi connectivity index (χ2n) is 2.69. The fourth-order valence-corrected chi connectivity index (χ4v) is 0.988. The van der Waals surface area contributed by atoms with E-state index in [0.29, 0.717) is 5.56 Å². The average molecular weight is 165 g/mol. The van der Waals surface area contributed by atoms with E-state index in [1.165, 1.54) is 6.21 Å². The number of benzene rings is 1. The van der Waals surface area contributed by atoms with E-state index in [2.05, 4.69) is 5.16 Å². The first-order valence-corrected chi connectivity index (χ1v) is 3.63. The van der Waals surface area contributed by atoms with Gasteiger partial charge < -0.3 is 10.3 Å². The smallest absolute Gasteiger partial charge is 0.127 e. The molecule has 0 aromatic heterocycles. The Bertz CT molecular complexity index is 319. The van der Waals surface area contributed by atoms with Crippen molar-refractivity contribution in [2.24, 2.45) is 5.16 Å². The molecule has 0 amide bonds. The van der Waals surface area contributed by atoms with Gasteiger partial charge in [-0.3, -0.25) is 0 Å².